The number of H-pyrrole nitrogens is 1. The summed E-state index contributed by atoms with van der Waals surface area (Å²) < 4.78 is 0. The number of hydrogen-bond acceptors (Lipinski definition) is 2. The van der Waals surface area contributed by atoms with Crippen LogP contribution >= 0.6 is 0 Å². The number of hydrogen-bond donors (Lipinski definition) is 3. The van der Waals surface area contributed by atoms with Crippen LogP contribution in [0.5, 0.6) is 0 Å². The number of rotatable bonds is 4. The van der Waals surface area contributed by atoms with Crippen molar-refractivity contribution in [1.29, 1.82) is 0 Å². The molecule has 1 aromatic heterocycles. The third-order valence-corrected chi connectivity index (χ3v) is 3.77. The Labute approximate surface area is 140 Å². The maximum absolute atomic E-state index is 12.4. The minimum atomic E-state index is -0.175. The number of amides is 2. The molecule has 0 atom stereocenters. The van der Waals surface area contributed by atoms with Gasteiger partial charge in [0.1, 0.15) is 0 Å². The van der Waals surface area contributed by atoms with Crippen LogP contribution in [0.2, 0.25) is 0 Å². The van der Waals surface area contributed by atoms with Gasteiger partial charge in [0.05, 0.1) is 5.56 Å². The Balaban J connectivity index is 1.72. The van der Waals surface area contributed by atoms with Crippen LogP contribution in [0.25, 0.3) is 10.9 Å². The highest BCUT2D eigenvalue weighted by atomic mass is 16.2. The zero-order chi connectivity index (χ0) is 17.1. The zero-order valence-electron chi connectivity index (χ0n) is 13.6. The number of anilines is 2. The number of benzene rings is 2. The fraction of sp³-hybridized carbons (Fsp3) is 0.158. The molecule has 3 N–H and O–H groups in total. The van der Waals surface area contributed by atoms with Crippen molar-refractivity contribution in [3.63, 3.8) is 0 Å². The van der Waals surface area contributed by atoms with Crippen molar-refractivity contribution in [2.75, 3.05) is 10.6 Å². The van der Waals surface area contributed by atoms with Gasteiger partial charge < -0.3 is 15.6 Å². The summed E-state index contributed by atoms with van der Waals surface area (Å²) in [4.78, 5) is 27.2. The summed E-state index contributed by atoms with van der Waals surface area (Å²) in [5.74, 6) is -0.289. The largest absolute Gasteiger partial charge is 0.360 e. The van der Waals surface area contributed by atoms with E-state index in [1.54, 1.807) is 30.5 Å². The van der Waals surface area contributed by atoms with Gasteiger partial charge in [-0.2, -0.15) is 0 Å². The first-order valence-corrected chi connectivity index (χ1v) is 7.83. The van der Waals surface area contributed by atoms with Crippen LogP contribution in [0.15, 0.2) is 54.7 Å². The van der Waals surface area contributed by atoms with Crippen LogP contribution in [0.1, 0.15) is 24.2 Å². The molecule has 0 aliphatic carbocycles. The second-order valence-electron chi connectivity index (χ2n) is 5.92. The lowest BCUT2D eigenvalue weighted by Gasteiger charge is -2.09. The van der Waals surface area contributed by atoms with Gasteiger partial charge in [-0.15, -0.1) is 0 Å². The highest BCUT2D eigenvalue weighted by Gasteiger charge is 2.12. The van der Waals surface area contributed by atoms with Gasteiger partial charge in [0.15, 0.2) is 0 Å². The number of nitrogens with one attached hydrogen (secondary N) is 3. The van der Waals surface area contributed by atoms with Gasteiger partial charge in [0.2, 0.25) is 5.91 Å². The van der Waals surface area contributed by atoms with Gasteiger partial charge in [-0.25, -0.2) is 0 Å². The molecular formula is C19H19N3O2. The first kappa shape index (κ1) is 15.8. The monoisotopic (exact) mass is 321 g/mol. The molecule has 24 heavy (non-hydrogen) atoms. The molecule has 1 heterocycles. The average Bonchev–Trinajstić information content (AvgIpc) is 3.00. The van der Waals surface area contributed by atoms with Crippen molar-refractivity contribution in [3.8, 4) is 0 Å². The van der Waals surface area contributed by atoms with Crippen molar-refractivity contribution >= 4 is 34.1 Å². The van der Waals surface area contributed by atoms with Gasteiger partial charge in [-0.3, -0.25) is 9.59 Å². The molecule has 5 heteroatoms. The van der Waals surface area contributed by atoms with Crippen LogP contribution in [-0.4, -0.2) is 16.8 Å². The minimum Gasteiger partial charge on any atom is -0.360 e. The molecule has 0 unspecified atom stereocenters. The summed E-state index contributed by atoms with van der Waals surface area (Å²) in [6.07, 6.45) is 1.71. The Hall–Kier alpha value is -3.08. The van der Waals surface area contributed by atoms with Crippen LogP contribution < -0.4 is 10.6 Å². The summed E-state index contributed by atoms with van der Waals surface area (Å²) in [5.41, 5.74) is 2.91. The molecule has 0 aliphatic rings. The second kappa shape index (κ2) is 6.58. The van der Waals surface area contributed by atoms with Gasteiger partial charge in [0.25, 0.3) is 5.91 Å². The van der Waals surface area contributed by atoms with Crippen LogP contribution in [0, 0.1) is 5.92 Å². The van der Waals surface area contributed by atoms with E-state index in [0.717, 1.165) is 10.9 Å². The molecule has 3 aromatic rings. The normalized spacial score (nSPS) is 10.8. The Morgan fingerprint density at radius 1 is 0.917 bits per heavy atom. The summed E-state index contributed by atoms with van der Waals surface area (Å²) in [6.45, 7) is 3.68. The van der Waals surface area contributed by atoms with Crippen molar-refractivity contribution < 1.29 is 9.59 Å². The standard InChI is InChI=1S/C19H19N3O2/c1-12(2)18(23)21-13-7-9-14(10-8-13)22-19(24)16-11-20-17-6-4-3-5-15(16)17/h3-12,20H,1-2H3,(H,21,23)(H,22,24). The fourth-order valence-electron chi connectivity index (χ4n) is 2.38. The molecule has 0 saturated heterocycles. The molecule has 0 saturated carbocycles. The van der Waals surface area contributed by atoms with E-state index in [-0.39, 0.29) is 17.7 Å². The topological polar surface area (TPSA) is 74.0 Å². The quantitative estimate of drug-likeness (QED) is 0.679. The van der Waals surface area contributed by atoms with Gasteiger partial charge in [0, 0.05) is 34.4 Å². The molecule has 122 valence electrons. The van der Waals surface area contributed by atoms with Gasteiger partial charge in [-0.05, 0) is 30.3 Å². The van der Waals surface area contributed by atoms with Crippen LogP contribution in [0.3, 0.4) is 0 Å². The van der Waals surface area contributed by atoms with E-state index in [0.29, 0.717) is 16.9 Å². The molecule has 0 bridgehead atoms. The zero-order valence-corrected chi connectivity index (χ0v) is 13.6. The molecule has 3 rings (SSSR count). The second-order valence-corrected chi connectivity index (χ2v) is 5.92. The van der Waals surface area contributed by atoms with Gasteiger partial charge in [-0.1, -0.05) is 32.0 Å². The predicted molar refractivity (Wildman–Crippen MR) is 96.2 cm³/mol. The molecule has 0 fully saturated rings. The highest BCUT2D eigenvalue weighted by molar-refractivity contribution is 6.12. The summed E-state index contributed by atoms with van der Waals surface area (Å²) in [5, 5.41) is 6.57. The summed E-state index contributed by atoms with van der Waals surface area (Å²) in [6, 6.07) is 14.7. The van der Waals surface area contributed by atoms with E-state index >= 15 is 0 Å². The SMILES string of the molecule is CC(C)C(=O)Nc1ccc(NC(=O)c2c[nH]c3ccccc23)cc1. The predicted octanol–water partition coefficient (Wildman–Crippen LogP) is 4.01. The molecule has 5 nitrogen and oxygen atoms in total. The molecule has 0 spiro atoms. The Morgan fingerprint density at radius 2 is 1.54 bits per heavy atom. The molecule has 0 aliphatic heterocycles. The van der Waals surface area contributed by atoms with Crippen molar-refractivity contribution in [2.45, 2.75) is 13.8 Å². The lowest BCUT2D eigenvalue weighted by Crippen LogP contribution is -2.17. The van der Waals surface area contributed by atoms with E-state index in [1.165, 1.54) is 0 Å². The smallest absolute Gasteiger partial charge is 0.257 e. The average molecular weight is 321 g/mol. The highest BCUT2D eigenvalue weighted by Crippen LogP contribution is 2.20. The summed E-state index contributed by atoms with van der Waals surface area (Å²) >= 11 is 0. The van der Waals surface area contributed by atoms with E-state index in [9.17, 15) is 9.59 Å². The van der Waals surface area contributed by atoms with Gasteiger partial charge >= 0.3 is 0 Å². The van der Waals surface area contributed by atoms with E-state index in [2.05, 4.69) is 15.6 Å². The molecule has 2 amide bonds. The lowest BCUT2D eigenvalue weighted by molar-refractivity contribution is -0.118. The Kier molecular flexibility index (Phi) is 4.33. The Morgan fingerprint density at radius 3 is 2.21 bits per heavy atom. The number of aromatic nitrogens is 1. The minimum absolute atomic E-state index is 0.0365. The third-order valence-electron chi connectivity index (χ3n) is 3.77. The number of aromatic amines is 1. The maximum Gasteiger partial charge on any atom is 0.257 e. The first-order valence-electron chi connectivity index (χ1n) is 7.83. The molecule has 2 aromatic carbocycles. The van der Waals surface area contributed by atoms with Crippen LogP contribution in [-0.2, 0) is 4.79 Å². The molecular weight excluding hydrogens is 302 g/mol. The number of carbonyl (C=O) groups excluding carboxylic acids is 2. The number of para-hydroxylation sites is 1. The number of carbonyl (C=O) groups is 2. The van der Waals surface area contributed by atoms with Crippen molar-refractivity contribution in [1.82, 2.24) is 4.98 Å². The van der Waals surface area contributed by atoms with E-state index in [1.807, 2.05) is 38.1 Å². The summed E-state index contributed by atoms with van der Waals surface area (Å²) in [7, 11) is 0. The first-order chi connectivity index (χ1) is 11.5. The van der Waals surface area contributed by atoms with Crippen molar-refractivity contribution in [2.24, 2.45) is 5.92 Å². The van der Waals surface area contributed by atoms with E-state index < -0.39 is 0 Å². The van der Waals surface area contributed by atoms with Crippen molar-refractivity contribution in [3.05, 3.63) is 60.3 Å². The van der Waals surface area contributed by atoms with Crippen LogP contribution in [0.4, 0.5) is 11.4 Å². The Bertz CT molecular complexity index is 879. The maximum atomic E-state index is 12.4. The van der Waals surface area contributed by atoms with E-state index in [4.69, 9.17) is 0 Å². The number of fused-ring (bicyclic) bond motifs is 1. The third kappa shape index (κ3) is 3.30. The molecule has 0 radical (unpaired) electrons. The lowest BCUT2D eigenvalue weighted by atomic mass is 10.1. The fourth-order valence-corrected chi connectivity index (χ4v) is 2.38.